The first-order chi connectivity index (χ1) is 14.3. The topological polar surface area (TPSA) is 80.1 Å². The Bertz CT molecular complexity index is 920. The molecule has 1 fully saturated rings. The molecular weight excluding hydrogens is 404 g/mol. The third kappa shape index (κ3) is 5.83. The summed E-state index contributed by atoms with van der Waals surface area (Å²) in [6, 6.07) is 11.9. The predicted molar refractivity (Wildman–Crippen MR) is 116 cm³/mol. The summed E-state index contributed by atoms with van der Waals surface area (Å²) in [4.78, 5) is 12.4. The molecule has 152 valence electrons. The van der Waals surface area contributed by atoms with Crippen molar-refractivity contribution in [2.45, 2.75) is 54.8 Å². The highest BCUT2D eigenvalue weighted by atomic mass is 32.2. The Morgan fingerprint density at radius 1 is 1.17 bits per heavy atom. The summed E-state index contributed by atoms with van der Waals surface area (Å²) in [5, 5.41) is 15.9. The summed E-state index contributed by atoms with van der Waals surface area (Å²) in [6.45, 7) is 0.381. The lowest BCUT2D eigenvalue weighted by molar-refractivity contribution is 0.0948. The number of amides is 1. The summed E-state index contributed by atoms with van der Waals surface area (Å²) < 4.78 is 6.19. The van der Waals surface area contributed by atoms with Gasteiger partial charge in [-0.3, -0.25) is 4.79 Å². The van der Waals surface area contributed by atoms with Crippen LogP contribution in [0.15, 0.2) is 51.4 Å². The third-order valence-electron chi connectivity index (χ3n) is 4.89. The number of hydrogen-bond donors (Lipinski definition) is 2. The van der Waals surface area contributed by atoms with Crippen LogP contribution in [0.5, 0.6) is 0 Å². The zero-order chi connectivity index (χ0) is 19.9. The predicted octanol–water partition coefficient (Wildman–Crippen LogP) is 5.10. The fraction of sp³-hybridized carbons (Fsp3) is 0.381. The molecule has 4 rings (SSSR count). The second-order valence-electron chi connectivity index (χ2n) is 7.10. The highest BCUT2D eigenvalue weighted by Crippen LogP contribution is 2.30. The number of carbonyl (C=O) groups excluding carboxylic acids is 1. The summed E-state index contributed by atoms with van der Waals surface area (Å²) >= 11 is 3.25. The van der Waals surface area contributed by atoms with Crippen LogP contribution >= 0.6 is 23.1 Å². The van der Waals surface area contributed by atoms with Crippen molar-refractivity contribution in [3.8, 4) is 0 Å². The Hall–Kier alpha value is -2.32. The molecule has 0 saturated heterocycles. The third-order valence-corrected chi connectivity index (χ3v) is 6.95. The second kappa shape index (κ2) is 9.93. The molecule has 2 heterocycles. The molecule has 8 heteroatoms. The number of rotatable bonds is 8. The maximum Gasteiger partial charge on any atom is 0.251 e. The Labute approximate surface area is 178 Å². The van der Waals surface area contributed by atoms with E-state index in [1.165, 1.54) is 32.1 Å². The van der Waals surface area contributed by atoms with Crippen LogP contribution in [0.2, 0.25) is 0 Å². The minimum atomic E-state index is -0.108. The molecule has 3 aromatic rings. The van der Waals surface area contributed by atoms with Crippen LogP contribution in [0.4, 0.5) is 5.13 Å². The van der Waals surface area contributed by atoms with Gasteiger partial charge in [-0.05, 0) is 42.7 Å². The number of hydrogen-bond acceptors (Lipinski definition) is 7. The number of aromatic nitrogens is 2. The molecule has 1 amide bonds. The van der Waals surface area contributed by atoms with Crippen molar-refractivity contribution in [2.24, 2.45) is 0 Å². The van der Waals surface area contributed by atoms with Gasteiger partial charge >= 0.3 is 0 Å². The van der Waals surface area contributed by atoms with Crippen LogP contribution in [-0.4, -0.2) is 22.1 Å². The summed E-state index contributed by atoms with van der Waals surface area (Å²) in [6.07, 6.45) is 7.97. The molecule has 1 aromatic carbocycles. The van der Waals surface area contributed by atoms with Crippen molar-refractivity contribution in [3.63, 3.8) is 0 Å². The SMILES string of the molecule is O=C(NCc1ccco1)c1cccc(CSc2nnc(NC3CCCCC3)s2)c1. The van der Waals surface area contributed by atoms with E-state index in [9.17, 15) is 4.79 Å². The Morgan fingerprint density at radius 3 is 2.90 bits per heavy atom. The average Bonchev–Trinajstić information content (AvgIpc) is 3.43. The van der Waals surface area contributed by atoms with Gasteiger partial charge in [-0.15, -0.1) is 10.2 Å². The van der Waals surface area contributed by atoms with Crippen LogP contribution in [0.25, 0.3) is 0 Å². The van der Waals surface area contributed by atoms with Gasteiger partial charge in [0.1, 0.15) is 5.76 Å². The van der Waals surface area contributed by atoms with Crippen molar-refractivity contribution >= 4 is 34.1 Å². The molecule has 0 bridgehead atoms. The van der Waals surface area contributed by atoms with Gasteiger partial charge in [0.05, 0.1) is 12.8 Å². The van der Waals surface area contributed by atoms with Crippen molar-refractivity contribution in [1.82, 2.24) is 15.5 Å². The van der Waals surface area contributed by atoms with Gasteiger partial charge in [0, 0.05) is 17.4 Å². The number of anilines is 1. The molecule has 6 nitrogen and oxygen atoms in total. The summed E-state index contributed by atoms with van der Waals surface area (Å²) in [7, 11) is 0. The molecule has 0 atom stereocenters. The zero-order valence-corrected chi connectivity index (χ0v) is 17.7. The van der Waals surface area contributed by atoms with E-state index in [4.69, 9.17) is 4.42 Å². The van der Waals surface area contributed by atoms with Crippen LogP contribution in [-0.2, 0) is 12.3 Å². The standard InChI is InChI=1S/C21H24N4O2S2/c26-19(22-13-18-10-5-11-27-18)16-7-4-6-15(12-16)14-28-21-25-24-20(29-21)23-17-8-2-1-3-9-17/h4-7,10-12,17H,1-3,8-9,13-14H2,(H,22,26)(H,23,24). The van der Waals surface area contributed by atoms with Crippen molar-refractivity contribution in [3.05, 3.63) is 59.5 Å². The molecule has 1 saturated carbocycles. The monoisotopic (exact) mass is 428 g/mol. The van der Waals surface area contributed by atoms with Gasteiger partial charge in [0.15, 0.2) is 4.34 Å². The normalized spacial score (nSPS) is 14.6. The number of benzene rings is 1. The van der Waals surface area contributed by atoms with Crippen LogP contribution in [0.3, 0.4) is 0 Å². The summed E-state index contributed by atoms with van der Waals surface area (Å²) in [5.41, 5.74) is 1.73. The lowest BCUT2D eigenvalue weighted by atomic mass is 9.96. The summed E-state index contributed by atoms with van der Waals surface area (Å²) in [5.74, 6) is 1.37. The van der Waals surface area contributed by atoms with Gasteiger partial charge in [-0.1, -0.05) is 54.5 Å². The van der Waals surface area contributed by atoms with E-state index >= 15 is 0 Å². The molecule has 1 aliphatic rings. The van der Waals surface area contributed by atoms with E-state index in [1.54, 1.807) is 29.4 Å². The molecule has 0 unspecified atom stereocenters. The van der Waals surface area contributed by atoms with Gasteiger partial charge in [0.2, 0.25) is 5.13 Å². The Morgan fingerprint density at radius 2 is 2.07 bits per heavy atom. The quantitative estimate of drug-likeness (QED) is 0.486. The second-order valence-corrected chi connectivity index (χ2v) is 9.30. The van der Waals surface area contributed by atoms with E-state index in [0.29, 0.717) is 18.2 Å². The lowest BCUT2D eigenvalue weighted by Crippen LogP contribution is -2.22. The number of nitrogens with zero attached hydrogens (tertiary/aromatic N) is 2. The molecule has 1 aliphatic carbocycles. The Balaban J connectivity index is 1.28. The minimum absolute atomic E-state index is 0.108. The Kier molecular flexibility index (Phi) is 6.84. The van der Waals surface area contributed by atoms with Crippen molar-refractivity contribution in [1.29, 1.82) is 0 Å². The number of furan rings is 1. The first-order valence-corrected chi connectivity index (χ1v) is 11.7. The number of thioether (sulfide) groups is 1. The van der Waals surface area contributed by atoms with E-state index < -0.39 is 0 Å². The van der Waals surface area contributed by atoms with Gasteiger partial charge < -0.3 is 15.1 Å². The van der Waals surface area contributed by atoms with E-state index in [1.807, 2.05) is 36.4 Å². The lowest BCUT2D eigenvalue weighted by Gasteiger charge is -2.21. The molecule has 2 N–H and O–H groups in total. The fourth-order valence-corrected chi connectivity index (χ4v) is 5.15. The van der Waals surface area contributed by atoms with Crippen LogP contribution in [0, 0.1) is 0 Å². The van der Waals surface area contributed by atoms with E-state index in [2.05, 4.69) is 20.8 Å². The molecule has 2 aromatic heterocycles. The maximum atomic E-state index is 12.4. The maximum absolute atomic E-state index is 12.4. The van der Waals surface area contributed by atoms with Crippen molar-refractivity contribution in [2.75, 3.05) is 5.32 Å². The highest BCUT2D eigenvalue weighted by molar-refractivity contribution is 8.00. The first-order valence-electron chi connectivity index (χ1n) is 9.88. The average molecular weight is 429 g/mol. The number of nitrogens with one attached hydrogen (secondary N) is 2. The highest BCUT2D eigenvalue weighted by Gasteiger charge is 2.15. The molecule has 0 aliphatic heterocycles. The van der Waals surface area contributed by atoms with Gasteiger partial charge in [0.25, 0.3) is 5.91 Å². The minimum Gasteiger partial charge on any atom is -0.467 e. The van der Waals surface area contributed by atoms with Gasteiger partial charge in [-0.2, -0.15) is 0 Å². The van der Waals surface area contributed by atoms with Crippen LogP contribution in [0.1, 0.15) is 53.8 Å². The largest absolute Gasteiger partial charge is 0.467 e. The zero-order valence-electron chi connectivity index (χ0n) is 16.1. The fourth-order valence-electron chi connectivity index (χ4n) is 3.38. The van der Waals surface area contributed by atoms with Gasteiger partial charge in [-0.25, -0.2) is 0 Å². The molecular formula is C21H24N4O2S2. The molecule has 0 spiro atoms. The van der Waals surface area contributed by atoms with E-state index in [0.717, 1.165) is 26.5 Å². The smallest absolute Gasteiger partial charge is 0.251 e. The first kappa shape index (κ1) is 20.0. The van der Waals surface area contributed by atoms with E-state index in [-0.39, 0.29) is 5.91 Å². The number of carbonyl (C=O) groups is 1. The van der Waals surface area contributed by atoms with Crippen molar-refractivity contribution < 1.29 is 9.21 Å². The molecule has 29 heavy (non-hydrogen) atoms. The molecule has 0 radical (unpaired) electrons. The van der Waals surface area contributed by atoms with Crippen LogP contribution < -0.4 is 10.6 Å².